The Balaban J connectivity index is 2.25. The van der Waals surface area contributed by atoms with Crippen molar-refractivity contribution in [2.45, 2.75) is 19.8 Å². The summed E-state index contributed by atoms with van der Waals surface area (Å²) < 4.78 is 26.7. The molecule has 1 N–H and O–H groups in total. The third-order valence-electron chi connectivity index (χ3n) is 3.66. The Morgan fingerprint density at radius 2 is 2.05 bits per heavy atom. The predicted octanol–water partition coefficient (Wildman–Crippen LogP) is 2.29. The number of carboxylic acid groups (broad SMARTS) is 1. The first kappa shape index (κ1) is 14.4. The lowest BCUT2D eigenvalue weighted by Gasteiger charge is -2.37. The average Bonchev–Trinajstić information content (AvgIpc) is 2.40. The first-order valence-electron chi connectivity index (χ1n) is 6.31. The minimum Gasteiger partial charge on any atom is -0.481 e. The number of amides is 1. The number of hydrogen-bond donors (Lipinski definition) is 1. The molecule has 0 spiro atoms. The fourth-order valence-electron chi connectivity index (χ4n) is 2.42. The molecule has 1 aromatic rings. The van der Waals surface area contributed by atoms with Crippen LogP contribution in [0.2, 0.25) is 0 Å². The maximum atomic E-state index is 13.6. The third-order valence-corrected chi connectivity index (χ3v) is 3.66. The summed E-state index contributed by atoms with van der Waals surface area (Å²) in [5.74, 6) is -3.17. The summed E-state index contributed by atoms with van der Waals surface area (Å²) in [6.45, 7) is 1.89. The number of carbonyl (C=O) groups excluding carboxylic acids is 1. The number of piperidine rings is 1. The molecule has 6 heteroatoms. The molecule has 0 radical (unpaired) electrons. The van der Waals surface area contributed by atoms with Crippen LogP contribution in [0.1, 0.15) is 30.1 Å². The van der Waals surface area contributed by atoms with E-state index in [1.165, 1.54) is 4.90 Å². The van der Waals surface area contributed by atoms with E-state index in [2.05, 4.69) is 0 Å². The van der Waals surface area contributed by atoms with E-state index in [4.69, 9.17) is 0 Å². The molecule has 1 amide bonds. The molecule has 108 valence electrons. The molecular formula is C14H15F2NO3. The lowest BCUT2D eigenvalue weighted by molar-refractivity contribution is -0.150. The SMILES string of the molecule is CC1(C(=O)O)CCCN(C(=O)c2cc(F)ccc2F)C1. The van der Waals surface area contributed by atoms with Gasteiger partial charge in [-0.15, -0.1) is 0 Å². The van der Waals surface area contributed by atoms with Gasteiger partial charge in [0.05, 0.1) is 11.0 Å². The Bertz CT molecular complexity index is 561. The van der Waals surface area contributed by atoms with Crippen molar-refractivity contribution in [3.63, 3.8) is 0 Å². The zero-order valence-electron chi connectivity index (χ0n) is 11.0. The third kappa shape index (κ3) is 2.64. The van der Waals surface area contributed by atoms with Crippen LogP contribution in [0.5, 0.6) is 0 Å². The summed E-state index contributed by atoms with van der Waals surface area (Å²) in [4.78, 5) is 24.7. The van der Waals surface area contributed by atoms with Crippen LogP contribution >= 0.6 is 0 Å². The van der Waals surface area contributed by atoms with E-state index < -0.39 is 28.9 Å². The highest BCUT2D eigenvalue weighted by Gasteiger charge is 2.39. The van der Waals surface area contributed by atoms with E-state index in [1.54, 1.807) is 6.92 Å². The fourth-order valence-corrected chi connectivity index (χ4v) is 2.42. The van der Waals surface area contributed by atoms with Crippen LogP contribution in [0.15, 0.2) is 18.2 Å². The molecule has 0 aliphatic carbocycles. The van der Waals surface area contributed by atoms with Gasteiger partial charge in [-0.25, -0.2) is 8.78 Å². The lowest BCUT2D eigenvalue weighted by Crippen LogP contribution is -2.48. The predicted molar refractivity (Wildman–Crippen MR) is 67.2 cm³/mol. The number of halogens is 2. The van der Waals surface area contributed by atoms with E-state index in [0.717, 1.165) is 18.2 Å². The number of carbonyl (C=O) groups is 2. The van der Waals surface area contributed by atoms with E-state index in [0.29, 0.717) is 19.4 Å². The molecule has 1 saturated heterocycles. The average molecular weight is 283 g/mol. The first-order chi connectivity index (χ1) is 9.33. The second-order valence-electron chi connectivity index (χ2n) is 5.32. The lowest BCUT2D eigenvalue weighted by atomic mass is 9.82. The first-order valence-corrected chi connectivity index (χ1v) is 6.31. The molecule has 1 heterocycles. The van der Waals surface area contributed by atoms with Gasteiger partial charge in [0.25, 0.3) is 5.91 Å². The van der Waals surface area contributed by atoms with Gasteiger partial charge in [-0.3, -0.25) is 9.59 Å². The highest BCUT2D eigenvalue weighted by atomic mass is 19.1. The van der Waals surface area contributed by atoms with Crippen molar-refractivity contribution in [2.75, 3.05) is 13.1 Å². The van der Waals surface area contributed by atoms with Gasteiger partial charge in [0, 0.05) is 13.1 Å². The van der Waals surface area contributed by atoms with Gasteiger partial charge in [-0.1, -0.05) is 0 Å². The molecule has 4 nitrogen and oxygen atoms in total. The standard InChI is InChI=1S/C14H15F2NO3/c1-14(13(19)20)5-2-6-17(8-14)12(18)10-7-9(15)3-4-11(10)16/h3-4,7H,2,5-6,8H2,1H3,(H,19,20). The zero-order valence-corrected chi connectivity index (χ0v) is 11.0. The number of rotatable bonds is 2. The van der Waals surface area contributed by atoms with Crippen LogP contribution in [-0.2, 0) is 4.79 Å². The molecule has 1 atom stereocenters. The number of hydrogen-bond acceptors (Lipinski definition) is 2. The van der Waals surface area contributed by atoms with E-state index in [1.807, 2.05) is 0 Å². The van der Waals surface area contributed by atoms with Crippen molar-refractivity contribution in [2.24, 2.45) is 5.41 Å². The molecule has 0 aromatic heterocycles. The number of aliphatic carboxylic acids is 1. The zero-order chi connectivity index (χ0) is 14.9. The summed E-state index contributed by atoms with van der Waals surface area (Å²) in [5.41, 5.74) is -1.41. The second-order valence-corrected chi connectivity index (χ2v) is 5.32. The van der Waals surface area contributed by atoms with E-state index in [-0.39, 0.29) is 12.1 Å². The van der Waals surface area contributed by atoms with Gasteiger partial charge < -0.3 is 10.0 Å². The van der Waals surface area contributed by atoms with Crippen molar-refractivity contribution < 1.29 is 23.5 Å². The fraction of sp³-hybridized carbons (Fsp3) is 0.429. The minimum absolute atomic E-state index is 0.00286. The summed E-state index contributed by atoms with van der Waals surface area (Å²) in [6.07, 6.45) is 0.975. The molecule has 2 rings (SSSR count). The highest BCUT2D eigenvalue weighted by Crippen LogP contribution is 2.30. The Hall–Kier alpha value is -1.98. The quantitative estimate of drug-likeness (QED) is 0.906. The summed E-state index contributed by atoms with van der Waals surface area (Å²) in [7, 11) is 0. The Morgan fingerprint density at radius 1 is 1.35 bits per heavy atom. The molecule has 0 bridgehead atoms. The Kier molecular flexibility index (Phi) is 3.74. The molecule has 1 aromatic carbocycles. The van der Waals surface area contributed by atoms with Crippen molar-refractivity contribution in [1.29, 1.82) is 0 Å². The van der Waals surface area contributed by atoms with E-state index >= 15 is 0 Å². The maximum absolute atomic E-state index is 13.6. The van der Waals surface area contributed by atoms with Gasteiger partial charge >= 0.3 is 5.97 Å². The molecular weight excluding hydrogens is 268 g/mol. The largest absolute Gasteiger partial charge is 0.481 e. The van der Waals surface area contributed by atoms with Crippen LogP contribution in [-0.4, -0.2) is 35.0 Å². The van der Waals surface area contributed by atoms with Gasteiger partial charge in [0.1, 0.15) is 11.6 Å². The van der Waals surface area contributed by atoms with Gasteiger partial charge in [0.15, 0.2) is 0 Å². The second kappa shape index (κ2) is 5.19. The van der Waals surface area contributed by atoms with Gasteiger partial charge in [-0.2, -0.15) is 0 Å². The number of nitrogens with zero attached hydrogens (tertiary/aromatic N) is 1. The highest BCUT2D eigenvalue weighted by molar-refractivity contribution is 5.95. The Morgan fingerprint density at radius 3 is 2.70 bits per heavy atom. The summed E-state index contributed by atoms with van der Waals surface area (Å²) in [6, 6.07) is 2.66. The van der Waals surface area contributed by atoms with Crippen LogP contribution in [0.25, 0.3) is 0 Å². The molecule has 1 aliphatic heterocycles. The summed E-state index contributed by atoms with van der Waals surface area (Å²) in [5, 5.41) is 9.19. The van der Waals surface area contributed by atoms with Crippen molar-refractivity contribution in [3.05, 3.63) is 35.4 Å². The van der Waals surface area contributed by atoms with Crippen molar-refractivity contribution in [1.82, 2.24) is 4.90 Å². The summed E-state index contributed by atoms with van der Waals surface area (Å²) >= 11 is 0. The smallest absolute Gasteiger partial charge is 0.311 e. The molecule has 20 heavy (non-hydrogen) atoms. The molecule has 1 unspecified atom stereocenters. The van der Waals surface area contributed by atoms with Crippen LogP contribution in [0.4, 0.5) is 8.78 Å². The monoisotopic (exact) mass is 283 g/mol. The number of carboxylic acids is 1. The van der Waals surface area contributed by atoms with Crippen LogP contribution in [0, 0.1) is 17.0 Å². The molecule has 0 saturated carbocycles. The topological polar surface area (TPSA) is 57.6 Å². The van der Waals surface area contributed by atoms with Crippen LogP contribution in [0.3, 0.4) is 0 Å². The van der Waals surface area contributed by atoms with Gasteiger partial charge in [-0.05, 0) is 38.0 Å². The minimum atomic E-state index is -1.04. The van der Waals surface area contributed by atoms with Crippen molar-refractivity contribution >= 4 is 11.9 Å². The van der Waals surface area contributed by atoms with Gasteiger partial charge in [0.2, 0.25) is 0 Å². The van der Waals surface area contributed by atoms with Crippen LogP contribution < -0.4 is 0 Å². The molecule has 1 aliphatic rings. The molecule has 1 fully saturated rings. The Labute approximate surface area is 115 Å². The maximum Gasteiger partial charge on any atom is 0.311 e. The van der Waals surface area contributed by atoms with Crippen molar-refractivity contribution in [3.8, 4) is 0 Å². The number of benzene rings is 1. The number of likely N-dealkylation sites (tertiary alicyclic amines) is 1. The normalized spacial score (nSPS) is 22.6. The van der Waals surface area contributed by atoms with E-state index in [9.17, 15) is 23.5 Å².